The van der Waals surface area contributed by atoms with Gasteiger partial charge in [-0.3, -0.25) is 0 Å². The quantitative estimate of drug-likeness (QED) is 0.122. The van der Waals surface area contributed by atoms with E-state index in [0.29, 0.717) is 0 Å². The Balaban J connectivity index is 1.07. The summed E-state index contributed by atoms with van der Waals surface area (Å²) in [7, 11) is 0. The predicted octanol–water partition coefficient (Wildman–Crippen LogP) is 19.2. The molecular formula is C68H44. The Morgan fingerprint density at radius 2 is 0.397 bits per heavy atom. The van der Waals surface area contributed by atoms with Gasteiger partial charge in [0.25, 0.3) is 0 Å². The third kappa shape index (κ3) is 4.94. The SMILES string of the molecule is Cc1ccc(-c2c3c(c(-c4ccc(C)cc4)c4ccccc24)-c2ccc4c5ccc6c7c(ccc(c8ccc-3c2c84)c75)-c2c-6c(-c3ccc(C)cc3)c3ccccc3c2-c2ccc(C)cc2)cc1. The Hall–Kier alpha value is -8.32. The van der Waals surface area contributed by atoms with Gasteiger partial charge in [0.15, 0.2) is 0 Å². The standard InChI is InChI=1S/C68H44/c1-37-13-21-41(22-14-37)57-45-9-5-6-10-46(45)58(42-23-15-38(2)16-24-42)66-54-34-30-50-52-32-36-56-64-55(35-31-51(62(52)64)49-29-33-53(65(57)66)63(54)61(49)50)67-59(43-25-17-39(3)18-26-43)47-11-7-8-12-48(47)60(68(56)67)44-27-19-40(4)20-28-44/h5-36H,1-4H3. The van der Waals surface area contributed by atoms with Gasteiger partial charge >= 0.3 is 0 Å². The second-order valence-corrected chi connectivity index (χ2v) is 19.7. The lowest BCUT2D eigenvalue weighted by Gasteiger charge is -2.20. The summed E-state index contributed by atoms with van der Waals surface area (Å²) in [5.74, 6) is 0. The smallest absolute Gasteiger partial charge is 0.000740 e. The molecule has 0 spiro atoms. The molecule has 0 amide bonds. The van der Waals surface area contributed by atoms with E-state index in [9.17, 15) is 0 Å². The van der Waals surface area contributed by atoms with Gasteiger partial charge in [0.1, 0.15) is 0 Å². The predicted molar refractivity (Wildman–Crippen MR) is 292 cm³/mol. The summed E-state index contributed by atoms with van der Waals surface area (Å²) < 4.78 is 0. The second-order valence-electron chi connectivity index (χ2n) is 19.7. The van der Waals surface area contributed by atoms with E-state index in [1.807, 2.05) is 0 Å². The van der Waals surface area contributed by atoms with E-state index < -0.39 is 0 Å². The van der Waals surface area contributed by atoms with E-state index in [1.165, 1.54) is 176 Å². The number of hydrogen-bond acceptors (Lipinski definition) is 0. The lowest BCUT2D eigenvalue weighted by Crippen LogP contribution is -1.93. The maximum Gasteiger partial charge on any atom is -0.000740 e. The fraction of sp³-hybridized carbons (Fsp3) is 0.0588. The molecule has 0 N–H and O–H groups in total. The number of aryl methyl sites for hydroxylation is 4. The maximum atomic E-state index is 2.46. The highest BCUT2D eigenvalue weighted by Crippen LogP contribution is 2.62. The zero-order valence-electron chi connectivity index (χ0n) is 38.5. The molecule has 15 rings (SSSR count). The van der Waals surface area contributed by atoms with Crippen molar-refractivity contribution in [2.75, 3.05) is 0 Å². The van der Waals surface area contributed by atoms with Gasteiger partial charge in [0.2, 0.25) is 0 Å². The summed E-state index contributed by atoms with van der Waals surface area (Å²) in [6.45, 7) is 8.73. The molecule has 0 saturated heterocycles. The average Bonchev–Trinajstić information content (AvgIpc) is 3.89. The van der Waals surface area contributed by atoms with Crippen molar-refractivity contribution >= 4 is 64.6 Å². The third-order valence-corrected chi connectivity index (χ3v) is 15.8. The molecule has 2 aliphatic carbocycles. The molecule has 0 unspecified atom stereocenters. The van der Waals surface area contributed by atoms with Crippen molar-refractivity contribution in [2.24, 2.45) is 0 Å². The zero-order chi connectivity index (χ0) is 45.1. The fourth-order valence-electron chi connectivity index (χ4n) is 12.8. The van der Waals surface area contributed by atoms with Crippen LogP contribution in [0.3, 0.4) is 0 Å². The topological polar surface area (TPSA) is 0 Å². The van der Waals surface area contributed by atoms with E-state index >= 15 is 0 Å². The maximum absolute atomic E-state index is 2.46. The second kappa shape index (κ2) is 13.6. The van der Waals surface area contributed by atoms with E-state index in [2.05, 4.69) is 222 Å². The molecule has 0 heteroatoms. The summed E-state index contributed by atoms with van der Waals surface area (Å²) in [6.07, 6.45) is 0. The Morgan fingerprint density at radius 3 is 0.618 bits per heavy atom. The molecule has 13 aromatic carbocycles. The molecule has 0 fully saturated rings. The van der Waals surface area contributed by atoms with Gasteiger partial charge in [0.05, 0.1) is 0 Å². The minimum absolute atomic E-state index is 1.26. The molecule has 316 valence electrons. The molecule has 0 aliphatic heterocycles. The number of benzene rings is 13. The minimum atomic E-state index is 1.26. The van der Waals surface area contributed by atoms with Crippen LogP contribution in [0.15, 0.2) is 194 Å². The molecule has 0 saturated carbocycles. The molecule has 0 bridgehead atoms. The summed E-state index contributed by atoms with van der Waals surface area (Å²) in [4.78, 5) is 0. The van der Waals surface area contributed by atoms with Gasteiger partial charge in [-0.25, -0.2) is 0 Å². The average molecular weight is 861 g/mol. The van der Waals surface area contributed by atoms with Crippen molar-refractivity contribution in [1.29, 1.82) is 0 Å². The van der Waals surface area contributed by atoms with Crippen molar-refractivity contribution in [1.82, 2.24) is 0 Å². The van der Waals surface area contributed by atoms with Crippen LogP contribution in [0.1, 0.15) is 22.3 Å². The van der Waals surface area contributed by atoms with Crippen LogP contribution in [0.2, 0.25) is 0 Å². The summed E-state index contributed by atoms with van der Waals surface area (Å²) in [5, 5.41) is 15.9. The Bertz CT molecular complexity index is 3780. The molecular weight excluding hydrogens is 817 g/mol. The first-order valence-electron chi connectivity index (χ1n) is 24.1. The number of fused-ring (bicyclic) bond motifs is 10. The van der Waals surface area contributed by atoms with E-state index in [0.717, 1.165) is 0 Å². The van der Waals surface area contributed by atoms with Crippen LogP contribution in [-0.4, -0.2) is 0 Å². The van der Waals surface area contributed by atoms with Gasteiger partial charge in [0, 0.05) is 0 Å². The van der Waals surface area contributed by atoms with Crippen LogP contribution >= 0.6 is 0 Å². The molecule has 0 heterocycles. The van der Waals surface area contributed by atoms with Crippen molar-refractivity contribution in [3.05, 3.63) is 216 Å². The monoisotopic (exact) mass is 860 g/mol. The molecule has 68 heavy (non-hydrogen) atoms. The largest absolute Gasteiger partial charge is 0.0616 e. The van der Waals surface area contributed by atoms with Crippen molar-refractivity contribution in [3.63, 3.8) is 0 Å². The summed E-state index contributed by atoms with van der Waals surface area (Å²) >= 11 is 0. The van der Waals surface area contributed by atoms with Gasteiger partial charge < -0.3 is 0 Å². The minimum Gasteiger partial charge on any atom is -0.0616 e. The highest BCUT2D eigenvalue weighted by molar-refractivity contribution is 6.42. The lowest BCUT2D eigenvalue weighted by molar-refractivity contribution is 1.47. The Morgan fingerprint density at radius 1 is 0.176 bits per heavy atom. The number of hydrogen-bond donors (Lipinski definition) is 0. The summed E-state index contributed by atoms with van der Waals surface area (Å²) in [5.41, 5.74) is 26.0. The fourth-order valence-corrected chi connectivity index (χ4v) is 12.8. The van der Waals surface area contributed by atoms with Crippen molar-refractivity contribution < 1.29 is 0 Å². The zero-order valence-corrected chi connectivity index (χ0v) is 38.5. The molecule has 0 nitrogen and oxygen atoms in total. The van der Waals surface area contributed by atoms with E-state index in [1.54, 1.807) is 0 Å². The van der Waals surface area contributed by atoms with Crippen molar-refractivity contribution in [2.45, 2.75) is 27.7 Å². The first kappa shape index (κ1) is 37.9. The Labute approximate surface area is 395 Å². The summed E-state index contributed by atoms with van der Waals surface area (Å²) in [6, 6.07) is 74.6. The van der Waals surface area contributed by atoms with Gasteiger partial charge in [-0.1, -0.05) is 216 Å². The molecule has 13 aromatic rings. The van der Waals surface area contributed by atoms with Crippen molar-refractivity contribution in [3.8, 4) is 89.0 Å². The van der Waals surface area contributed by atoms with Crippen LogP contribution in [0, 0.1) is 27.7 Å². The molecule has 0 aromatic heterocycles. The first-order chi connectivity index (χ1) is 33.4. The molecule has 0 radical (unpaired) electrons. The van der Waals surface area contributed by atoms with Crippen LogP contribution in [0.5, 0.6) is 0 Å². The van der Waals surface area contributed by atoms with Crippen LogP contribution in [-0.2, 0) is 0 Å². The highest BCUT2D eigenvalue weighted by atomic mass is 14.4. The van der Waals surface area contributed by atoms with Crippen LogP contribution < -0.4 is 0 Å². The molecule has 2 aliphatic rings. The first-order valence-corrected chi connectivity index (χ1v) is 24.1. The van der Waals surface area contributed by atoms with Gasteiger partial charge in [-0.2, -0.15) is 0 Å². The Kier molecular flexibility index (Phi) is 7.59. The highest BCUT2D eigenvalue weighted by Gasteiger charge is 2.35. The van der Waals surface area contributed by atoms with Crippen LogP contribution in [0.4, 0.5) is 0 Å². The number of rotatable bonds is 4. The van der Waals surface area contributed by atoms with E-state index in [-0.39, 0.29) is 0 Å². The normalized spacial score (nSPS) is 12.4. The van der Waals surface area contributed by atoms with E-state index in [4.69, 9.17) is 0 Å². The lowest BCUT2D eigenvalue weighted by atomic mass is 9.82. The third-order valence-electron chi connectivity index (χ3n) is 15.8. The van der Waals surface area contributed by atoms with Gasteiger partial charge in [-0.05, 0) is 181 Å². The van der Waals surface area contributed by atoms with Gasteiger partial charge in [-0.15, -0.1) is 0 Å². The van der Waals surface area contributed by atoms with Crippen LogP contribution in [0.25, 0.3) is 154 Å². The molecule has 0 atom stereocenters.